The molecule has 1 N–H and O–H groups in total. The van der Waals surface area contributed by atoms with Gasteiger partial charge in [-0.15, -0.1) is 0 Å². The Kier molecular flexibility index (Phi) is 2.76. The molecule has 2 aromatic rings. The van der Waals surface area contributed by atoms with Crippen molar-refractivity contribution in [3.05, 3.63) is 65.2 Å². The van der Waals surface area contributed by atoms with Gasteiger partial charge in [-0.2, -0.15) is 0 Å². The van der Waals surface area contributed by atoms with E-state index in [4.69, 9.17) is 4.42 Å². The predicted molar refractivity (Wildman–Crippen MR) is 72.5 cm³/mol. The van der Waals surface area contributed by atoms with Crippen LogP contribution in [0.3, 0.4) is 0 Å². The maximum absolute atomic E-state index is 11.8. The Balaban J connectivity index is 1.93. The molecule has 94 valence electrons. The van der Waals surface area contributed by atoms with Crippen LogP contribution in [0.1, 0.15) is 16.9 Å². The van der Waals surface area contributed by atoms with E-state index in [0.29, 0.717) is 17.3 Å². The van der Waals surface area contributed by atoms with Gasteiger partial charge < -0.3 is 9.73 Å². The van der Waals surface area contributed by atoms with Crippen LogP contribution >= 0.6 is 0 Å². The molecule has 1 aromatic carbocycles. The average molecular weight is 252 g/mol. The zero-order valence-corrected chi connectivity index (χ0v) is 10.4. The second kappa shape index (κ2) is 4.57. The molecule has 1 aliphatic heterocycles. The van der Waals surface area contributed by atoms with Crippen molar-refractivity contribution in [2.45, 2.75) is 6.92 Å². The second-order valence-electron chi connectivity index (χ2n) is 4.33. The van der Waals surface area contributed by atoms with Crippen LogP contribution in [0.25, 0.3) is 6.08 Å². The topological polar surface area (TPSA) is 54.6 Å². The third-order valence-corrected chi connectivity index (χ3v) is 2.84. The summed E-state index contributed by atoms with van der Waals surface area (Å²) in [5.41, 5.74) is 2.41. The molecule has 3 rings (SSSR count). The Morgan fingerprint density at radius 2 is 2.00 bits per heavy atom. The zero-order valence-electron chi connectivity index (χ0n) is 10.4. The first kappa shape index (κ1) is 11.5. The van der Waals surface area contributed by atoms with Crippen molar-refractivity contribution in [1.29, 1.82) is 0 Å². The van der Waals surface area contributed by atoms with Crippen LogP contribution in [0.15, 0.2) is 57.8 Å². The molecular weight excluding hydrogens is 240 g/mol. The first-order valence-electron chi connectivity index (χ1n) is 5.95. The Morgan fingerprint density at radius 3 is 2.68 bits per heavy atom. The molecule has 2 heterocycles. The van der Waals surface area contributed by atoms with Gasteiger partial charge in [0.25, 0.3) is 5.91 Å². The first-order valence-corrected chi connectivity index (χ1v) is 5.95. The van der Waals surface area contributed by atoms with Gasteiger partial charge in [0.2, 0.25) is 0 Å². The van der Waals surface area contributed by atoms with Crippen LogP contribution in [0.2, 0.25) is 0 Å². The largest absolute Gasteiger partial charge is 0.465 e. The number of aryl methyl sites for hydroxylation is 1. The van der Waals surface area contributed by atoms with Crippen LogP contribution < -0.4 is 5.32 Å². The van der Waals surface area contributed by atoms with Gasteiger partial charge in [0.1, 0.15) is 17.3 Å². The summed E-state index contributed by atoms with van der Waals surface area (Å²) in [6, 6.07) is 11.4. The highest BCUT2D eigenvalue weighted by atomic mass is 16.3. The maximum atomic E-state index is 11.8. The molecule has 0 atom stereocenters. The van der Waals surface area contributed by atoms with Gasteiger partial charge in [-0.1, -0.05) is 29.8 Å². The fraction of sp³-hybridized carbons (Fsp3) is 0.0667. The minimum atomic E-state index is -0.216. The Hall–Kier alpha value is -2.62. The van der Waals surface area contributed by atoms with Crippen molar-refractivity contribution >= 4 is 17.8 Å². The first-order chi connectivity index (χ1) is 9.22. The Morgan fingerprint density at radius 1 is 1.21 bits per heavy atom. The number of hydrogen-bond acceptors (Lipinski definition) is 3. The number of rotatable bonds is 2. The lowest BCUT2D eigenvalue weighted by Gasteiger charge is -2.00. The molecule has 1 aromatic heterocycles. The van der Waals surface area contributed by atoms with Crippen LogP contribution in [0, 0.1) is 6.92 Å². The van der Waals surface area contributed by atoms with Crippen LogP contribution in [-0.2, 0) is 4.79 Å². The number of furan rings is 1. The SMILES string of the molecule is Cc1ccc(C2=N/C(=C\c3ccco3)C(=O)N2)cc1. The van der Waals surface area contributed by atoms with Gasteiger partial charge in [-0.25, -0.2) is 4.99 Å². The van der Waals surface area contributed by atoms with Crippen molar-refractivity contribution in [3.63, 3.8) is 0 Å². The molecule has 0 radical (unpaired) electrons. The van der Waals surface area contributed by atoms with Gasteiger partial charge in [-0.3, -0.25) is 4.79 Å². The van der Waals surface area contributed by atoms with E-state index in [1.54, 1.807) is 24.5 Å². The van der Waals surface area contributed by atoms with E-state index >= 15 is 0 Å². The normalized spacial score (nSPS) is 16.6. The molecule has 1 amide bonds. The Bertz CT molecular complexity index is 665. The summed E-state index contributed by atoms with van der Waals surface area (Å²) in [7, 11) is 0. The van der Waals surface area contributed by atoms with E-state index in [9.17, 15) is 4.79 Å². The van der Waals surface area contributed by atoms with Gasteiger partial charge >= 0.3 is 0 Å². The summed E-state index contributed by atoms with van der Waals surface area (Å²) >= 11 is 0. The zero-order chi connectivity index (χ0) is 13.2. The summed E-state index contributed by atoms with van der Waals surface area (Å²) in [6.07, 6.45) is 3.18. The molecule has 0 unspecified atom stereocenters. The summed E-state index contributed by atoms with van der Waals surface area (Å²) in [5, 5.41) is 2.75. The minimum absolute atomic E-state index is 0.216. The van der Waals surface area contributed by atoms with Crippen molar-refractivity contribution < 1.29 is 9.21 Å². The monoisotopic (exact) mass is 252 g/mol. The summed E-state index contributed by atoms with van der Waals surface area (Å²) < 4.78 is 5.17. The molecule has 0 bridgehead atoms. The average Bonchev–Trinajstić information content (AvgIpc) is 3.02. The number of amidine groups is 1. The van der Waals surface area contributed by atoms with Gasteiger partial charge in [0.15, 0.2) is 0 Å². The minimum Gasteiger partial charge on any atom is -0.465 e. The predicted octanol–water partition coefficient (Wildman–Crippen LogP) is 2.51. The number of carbonyl (C=O) groups excluding carboxylic acids is 1. The highest BCUT2D eigenvalue weighted by Gasteiger charge is 2.21. The molecule has 4 heteroatoms. The van der Waals surface area contributed by atoms with Crippen molar-refractivity contribution in [1.82, 2.24) is 5.32 Å². The number of amides is 1. The third kappa shape index (κ3) is 2.33. The second-order valence-corrected chi connectivity index (χ2v) is 4.33. The van der Waals surface area contributed by atoms with Gasteiger partial charge in [0, 0.05) is 11.6 Å². The number of aliphatic imine (C=N–C) groups is 1. The number of nitrogens with one attached hydrogen (secondary N) is 1. The maximum Gasteiger partial charge on any atom is 0.275 e. The number of benzene rings is 1. The highest BCUT2D eigenvalue weighted by Crippen LogP contribution is 2.15. The van der Waals surface area contributed by atoms with E-state index < -0.39 is 0 Å². The Labute approximate surface area is 110 Å². The van der Waals surface area contributed by atoms with Crippen molar-refractivity contribution in [2.24, 2.45) is 4.99 Å². The molecule has 19 heavy (non-hydrogen) atoms. The molecule has 0 fully saturated rings. The van der Waals surface area contributed by atoms with E-state index in [1.807, 2.05) is 31.2 Å². The summed E-state index contributed by atoms with van der Waals surface area (Å²) in [6.45, 7) is 2.01. The van der Waals surface area contributed by atoms with E-state index in [0.717, 1.165) is 5.56 Å². The molecule has 0 saturated heterocycles. The fourth-order valence-electron chi connectivity index (χ4n) is 1.82. The molecule has 4 nitrogen and oxygen atoms in total. The molecule has 1 aliphatic rings. The third-order valence-electron chi connectivity index (χ3n) is 2.84. The van der Waals surface area contributed by atoms with E-state index in [-0.39, 0.29) is 5.91 Å². The number of hydrogen-bond donors (Lipinski definition) is 1. The quantitative estimate of drug-likeness (QED) is 0.835. The van der Waals surface area contributed by atoms with Crippen LogP contribution in [-0.4, -0.2) is 11.7 Å². The number of carbonyl (C=O) groups is 1. The van der Waals surface area contributed by atoms with E-state index in [1.165, 1.54) is 5.56 Å². The van der Waals surface area contributed by atoms with E-state index in [2.05, 4.69) is 10.3 Å². The summed E-state index contributed by atoms with van der Waals surface area (Å²) in [4.78, 5) is 16.1. The number of nitrogens with zero attached hydrogens (tertiary/aromatic N) is 1. The standard InChI is InChI=1S/C15H12N2O2/c1-10-4-6-11(7-5-10)14-16-13(15(18)17-14)9-12-3-2-8-19-12/h2-9H,1H3,(H,16,17,18)/b13-9-. The lowest BCUT2D eigenvalue weighted by atomic mass is 10.1. The highest BCUT2D eigenvalue weighted by molar-refractivity contribution is 6.19. The van der Waals surface area contributed by atoms with Crippen molar-refractivity contribution in [3.8, 4) is 0 Å². The lowest BCUT2D eigenvalue weighted by molar-refractivity contribution is -0.115. The smallest absolute Gasteiger partial charge is 0.275 e. The van der Waals surface area contributed by atoms with Crippen LogP contribution in [0.5, 0.6) is 0 Å². The molecule has 0 aliphatic carbocycles. The van der Waals surface area contributed by atoms with Crippen molar-refractivity contribution in [2.75, 3.05) is 0 Å². The van der Waals surface area contributed by atoms with Crippen LogP contribution in [0.4, 0.5) is 0 Å². The fourth-order valence-corrected chi connectivity index (χ4v) is 1.82. The lowest BCUT2D eigenvalue weighted by Crippen LogP contribution is -2.24. The summed E-state index contributed by atoms with van der Waals surface area (Å²) in [5.74, 6) is 0.967. The molecular formula is C15H12N2O2. The van der Waals surface area contributed by atoms with Gasteiger partial charge in [-0.05, 0) is 19.1 Å². The van der Waals surface area contributed by atoms with Gasteiger partial charge in [0.05, 0.1) is 6.26 Å². The molecule has 0 spiro atoms. The molecule has 0 saturated carbocycles.